The molecular weight excluding hydrogens is 268 g/mol. The Balaban J connectivity index is 2.60. The lowest BCUT2D eigenvalue weighted by atomic mass is 9.99. The van der Waals surface area contributed by atoms with Gasteiger partial charge >= 0.3 is 12.0 Å². The molecule has 0 aliphatic heterocycles. The number of amides is 2. The predicted octanol–water partition coefficient (Wildman–Crippen LogP) is 2.86. The van der Waals surface area contributed by atoms with E-state index in [1.807, 2.05) is 51.1 Å². The fourth-order valence-corrected chi connectivity index (χ4v) is 1.98. The standard InChI is InChI=1S/C16H24N2O3/c1-4-18(12-13-8-6-5-7-9-13)15(21)17-16(2,3)11-10-14(19)20/h5-9H,4,10-12H2,1-3H3,(H,17,21)(H,19,20). The number of hydrogen-bond donors (Lipinski definition) is 2. The van der Waals surface area contributed by atoms with E-state index in [-0.39, 0.29) is 12.5 Å². The highest BCUT2D eigenvalue weighted by molar-refractivity contribution is 5.75. The van der Waals surface area contributed by atoms with Gasteiger partial charge in [0.1, 0.15) is 0 Å². The number of rotatable bonds is 7. The van der Waals surface area contributed by atoms with E-state index in [4.69, 9.17) is 5.11 Å². The Morgan fingerprint density at radius 2 is 1.86 bits per heavy atom. The number of urea groups is 1. The van der Waals surface area contributed by atoms with Gasteiger partial charge < -0.3 is 15.3 Å². The molecule has 5 heteroatoms. The summed E-state index contributed by atoms with van der Waals surface area (Å²) in [4.78, 5) is 24.7. The molecule has 2 N–H and O–H groups in total. The van der Waals surface area contributed by atoms with E-state index in [9.17, 15) is 9.59 Å². The largest absolute Gasteiger partial charge is 0.481 e. The van der Waals surface area contributed by atoms with Crippen molar-refractivity contribution >= 4 is 12.0 Å². The molecule has 0 aliphatic rings. The van der Waals surface area contributed by atoms with Crippen LogP contribution in [0, 0.1) is 0 Å². The summed E-state index contributed by atoms with van der Waals surface area (Å²) in [6.45, 7) is 6.73. The summed E-state index contributed by atoms with van der Waals surface area (Å²) in [5, 5.41) is 11.6. The SMILES string of the molecule is CCN(Cc1ccccc1)C(=O)NC(C)(C)CCC(=O)O. The third-order valence-corrected chi connectivity index (χ3v) is 3.29. The van der Waals surface area contributed by atoms with E-state index < -0.39 is 11.5 Å². The number of benzene rings is 1. The minimum absolute atomic E-state index is 0.0398. The van der Waals surface area contributed by atoms with E-state index >= 15 is 0 Å². The average molecular weight is 292 g/mol. The molecule has 0 atom stereocenters. The van der Waals surface area contributed by atoms with Gasteiger partial charge in [-0.25, -0.2) is 4.79 Å². The van der Waals surface area contributed by atoms with E-state index in [0.29, 0.717) is 19.5 Å². The van der Waals surface area contributed by atoms with Crippen molar-refractivity contribution in [3.63, 3.8) is 0 Å². The lowest BCUT2D eigenvalue weighted by molar-refractivity contribution is -0.137. The molecule has 0 saturated carbocycles. The highest BCUT2D eigenvalue weighted by Gasteiger charge is 2.24. The summed E-state index contributed by atoms with van der Waals surface area (Å²) in [6.07, 6.45) is 0.440. The maximum Gasteiger partial charge on any atom is 0.318 e. The van der Waals surface area contributed by atoms with E-state index in [2.05, 4.69) is 5.32 Å². The molecular formula is C16H24N2O3. The summed E-state index contributed by atoms with van der Waals surface area (Å²) in [5.74, 6) is -0.853. The lowest BCUT2D eigenvalue weighted by Crippen LogP contribution is -2.50. The molecule has 116 valence electrons. The second-order valence-electron chi connectivity index (χ2n) is 5.71. The first-order valence-corrected chi connectivity index (χ1v) is 7.17. The minimum Gasteiger partial charge on any atom is -0.481 e. The first kappa shape index (κ1) is 17.0. The Morgan fingerprint density at radius 3 is 2.38 bits per heavy atom. The highest BCUT2D eigenvalue weighted by Crippen LogP contribution is 2.13. The van der Waals surface area contributed by atoms with Crippen molar-refractivity contribution in [2.45, 2.75) is 45.7 Å². The van der Waals surface area contributed by atoms with Gasteiger partial charge in [0.15, 0.2) is 0 Å². The van der Waals surface area contributed by atoms with Gasteiger partial charge in [0, 0.05) is 25.0 Å². The van der Waals surface area contributed by atoms with Gasteiger partial charge in [0.05, 0.1) is 0 Å². The topological polar surface area (TPSA) is 69.6 Å². The summed E-state index contributed by atoms with van der Waals surface area (Å²) in [5.41, 5.74) is 0.525. The van der Waals surface area contributed by atoms with Crippen LogP contribution in [0.1, 0.15) is 39.2 Å². The van der Waals surface area contributed by atoms with E-state index in [0.717, 1.165) is 5.56 Å². The lowest BCUT2D eigenvalue weighted by Gasteiger charge is -2.30. The van der Waals surface area contributed by atoms with E-state index in [1.165, 1.54) is 0 Å². The van der Waals surface area contributed by atoms with Crippen molar-refractivity contribution in [1.29, 1.82) is 0 Å². The molecule has 0 fully saturated rings. The smallest absolute Gasteiger partial charge is 0.318 e. The van der Waals surface area contributed by atoms with Gasteiger partial charge in [-0.15, -0.1) is 0 Å². The van der Waals surface area contributed by atoms with Crippen LogP contribution in [0.2, 0.25) is 0 Å². The van der Waals surface area contributed by atoms with Crippen LogP contribution in [-0.2, 0) is 11.3 Å². The first-order valence-electron chi connectivity index (χ1n) is 7.17. The molecule has 2 amide bonds. The molecule has 0 bridgehead atoms. The van der Waals surface area contributed by atoms with Crippen LogP contribution >= 0.6 is 0 Å². The molecule has 5 nitrogen and oxygen atoms in total. The number of carbonyl (C=O) groups excluding carboxylic acids is 1. The number of aliphatic carboxylic acids is 1. The van der Waals surface area contributed by atoms with Crippen LogP contribution in [0.4, 0.5) is 4.79 Å². The van der Waals surface area contributed by atoms with Gasteiger partial charge in [-0.3, -0.25) is 4.79 Å². The minimum atomic E-state index is -0.853. The molecule has 0 unspecified atom stereocenters. The fraction of sp³-hybridized carbons (Fsp3) is 0.500. The second kappa shape index (κ2) is 7.67. The number of nitrogens with one attached hydrogen (secondary N) is 1. The molecule has 1 aromatic rings. The molecule has 1 aromatic carbocycles. The first-order chi connectivity index (χ1) is 9.84. The van der Waals surface area contributed by atoms with E-state index in [1.54, 1.807) is 4.90 Å². The average Bonchev–Trinajstić information content (AvgIpc) is 2.43. The van der Waals surface area contributed by atoms with Crippen molar-refractivity contribution in [2.24, 2.45) is 0 Å². The third kappa shape index (κ3) is 6.29. The maximum atomic E-state index is 12.3. The number of carboxylic acid groups (broad SMARTS) is 1. The van der Waals surface area contributed by atoms with Crippen LogP contribution < -0.4 is 5.32 Å². The van der Waals surface area contributed by atoms with Crippen LogP contribution in [0.15, 0.2) is 30.3 Å². The zero-order valence-corrected chi connectivity index (χ0v) is 12.9. The number of hydrogen-bond acceptors (Lipinski definition) is 2. The third-order valence-electron chi connectivity index (χ3n) is 3.29. The van der Waals surface area contributed by atoms with Crippen LogP contribution in [0.3, 0.4) is 0 Å². The Labute approximate surface area is 126 Å². The molecule has 0 spiro atoms. The molecule has 0 radical (unpaired) electrons. The maximum absolute atomic E-state index is 12.3. The quantitative estimate of drug-likeness (QED) is 0.812. The fourth-order valence-electron chi connectivity index (χ4n) is 1.98. The summed E-state index contributed by atoms with van der Waals surface area (Å²) < 4.78 is 0. The van der Waals surface area contributed by atoms with Crippen molar-refractivity contribution in [3.05, 3.63) is 35.9 Å². The number of carboxylic acids is 1. The van der Waals surface area contributed by atoms with Crippen molar-refractivity contribution in [1.82, 2.24) is 10.2 Å². The van der Waals surface area contributed by atoms with Crippen molar-refractivity contribution in [3.8, 4) is 0 Å². The van der Waals surface area contributed by atoms with Gasteiger partial charge in [-0.1, -0.05) is 30.3 Å². The summed E-state index contributed by atoms with van der Waals surface area (Å²) in [6, 6.07) is 9.61. The zero-order valence-electron chi connectivity index (χ0n) is 12.9. The number of nitrogens with zero attached hydrogens (tertiary/aromatic N) is 1. The zero-order chi connectivity index (χ0) is 15.9. The van der Waals surface area contributed by atoms with Gasteiger partial charge in [-0.2, -0.15) is 0 Å². The Morgan fingerprint density at radius 1 is 1.24 bits per heavy atom. The van der Waals surface area contributed by atoms with Crippen LogP contribution in [0.25, 0.3) is 0 Å². The summed E-state index contributed by atoms with van der Waals surface area (Å²) >= 11 is 0. The predicted molar refractivity (Wildman–Crippen MR) is 82.0 cm³/mol. The summed E-state index contributed by atoms with van der Waals surface area (Å²) in [7, 11) is 0. The van der Waals surface area contributed by atoms with Crippen LogP contribution in [0.5, 0.6) is 0 Å². The molecule has 0 heterocycles. The van der Waals surface area contributed by atoms with Gasteiger partial charge in [-0.05, 0) is 32.8 Å². The molecule has 0 aliphatic carbocycles. The molecule has 1 rings (SSSR count). The Hall–Kier alpha value is -2.04. The highest BCUT2D eigenvalue weighted by atomic mass is 16.4. The monoisotopic (exact) mass is 292 g/mol. The Kier molecular flexibility index (Phi) is 6.21. The Bertz CT molecular complexity index is 472. The molecule has 21 heavy (non-hydrogen) atoms. The van der Waals surface area contributed by atoms with Crippen molar-refractivity contribution in [2.75, 3.05) is 6.54 Å². The van der Waals surface area contributed by atoms with Crippen LogP contribution in [-0.4, -0.2) is 34.1 Å². The van der Waals surface area contributed by atoms with Crippen molar-refractivity contribution < 1.29 is 14.7 Å². The molecule has 0 saturated heterocycles. The second-order valence-corrected chi connectivity index (χ2v) is 5.71. The number of carbonyl (C=O) groups is 2. The van der Waals surface area contributed by atoms with Gasteiger partial charge in [0.2, 0.25) is 0 Å². The normalized spacial score (nSPS) is 11.0. The molecule has 0 aromatic heterocycles. The van der Waals surface area contributed by atoms with Gasteiger partial charge in [0.25, 0.3) is 0 Å².